The van der Waals surface area contributed by atoms with Crippen molar-refractivity contribution < 1.29 is 9.47 Å². The zero-order valence-electron chi connectivity index (χ0n) is 9.69. The molecule has 0 N–H and O–H groups in total. The molecule has 0 saturated heterocycles. The molecule has 1 aromatic heterocycles. The Hall–Kier alpha value is -1.45. The van der Waals surface area contributed by atoms with Gasteiger partial charge in [-0.3, -0.25) is 0 Å². The minimum absolute atomic E-state index is 0.317. The van der Waals surface area contributed by atoms with Crippen molar-refractivity contribution in [3.63, 3.8) is 0 Å². The van der Waals surface area contributed by atoms with Gasteiger partial charge in [-0.25, -0.2) is 4.98 Å². The second-order valence-corrected chi connectivity index (χ2v) is 4.38. The average molecular weight is 284 g/mol. The molecule has 18 heavy (non-hydrogen) atoms. The summed E-state index contributed by atoms with van der Waals surface area (Å²) < 4.78 is 10.7. The molecule has 0 aliphatic carbocycles. The fourth-order valence-corrected chi connectivity index (χ4v) is 1.80. The second-order valence-electron chi connectivity index (χ2n) is 3.54. The molecule has 0 saturated carbocycles. The van der Waals surface area contributed by atoms with Crippen LogP contribution >= 0.6 is 23.2 Å². The fraction of sp³-hybridized carbons (Fsp3) is 0.154. The van der Waals surface area contributed by atoms with E-state index in [2.05, 4.69) is 4.98 Å². The molecule has 1 aromatic carbocycles. The Balaban J connectivity index is 2.14. The second kappa shape index (κ2) is 5.94. The van der Waals surface area contributed by atoms with Gasteiger partial charge in [0.05, 0.1) is 17.7 Å². The molecule has 0 unspecified atom stereocenters. The van der Waals surface area contributed by atoms with Gasteiger partial charge in [-0.2, -0.15) is 0 Å². The molecule has 0 radical (unpaired) electrons. The van der Waals surface area contributed by atoms with E-state index in [-0.39, 0.29) is 0 Å². The Morgan fingerprint density at radius 1 is 1.22 bits per heavy atom. The lowest BCUT2D eigenvalue weighted by Gasteiger charge is -2.10. The number of aromatic nitrogens is 1. The number of hydrogen-bond acceptors (Lipinski definition) is 3. The third-order valence-corrected chi connectivity index (χ3v) is 2.87. The zero-order chi connectivity index (χ0) is 13.0. The van der Waals surface area contributed by atoms with Crippen LogP contribution in [0.3, 0.4) is 0 Å². The quantitative estimate of drug-likeness (QED) is 0.851. The van der Waals surface area contributed by atoms with Gasteiger partial charge in [0, 0.05) is 17.3 Å². The summed E-state index contributed by atoms with van der Waals surface area (Å²) in [5, 5.41) is 1.09. The SMILES string of the molecule is COc1ncccc1COc1cc(Cl)ccc1Cl. The van der Waals surface area contributed by atoms with Crippen LogP contribution in [0.2, 0.25) is 10.0 Å². The molecule has 0 amide bonds. The largest absolute Gasteiger partial charge is 0.487 e. The molecule has 0 fully saturated rings. The van der Waals surface area contributed by atoms with Crippen LogP contribution in [0.15, 0.2) is 36.5 Å². The highest BCUT2D eigenvalue weighted by Crippen LogP contribution is 2.29. The van der Waals surface area contributed by atoms with Crippen molar-refractivity contribution in [2.24, 2.45) is 0 Å². The first-order valence-corrected chi connectivity index (χ1v) is 6.02. The number of rotatable bonds is 4. The molecule has 0 bridgehead atoms. The van der Waals surface area contributed by atoms with Crippen LogP contribution in [-0.4, -0.2) is 12.1 Å². The Bertz CT molecular complexity index is 546. The lowest BCUT2D eigenvalue weighted by molar-refractivity contribution is 0.294. The summed E-state index contributed by atoms with van der Waals surface area (Å²) in [4.78, 5) is 4.09. The molecule has 1 heterocycles. The van der Waals surface area contributed by atoms with E-state index in [9.17, 15) is 0 Å². The number of methoxy groups -OCH3 is 1. The maximum absolute atomic E-state index is 6.01. The Labute approximate surface area is 115 Å². The van der Waals surface area contributed by atoms with Gasteiger partial charge in [0.25, 0.3) is 0 Å². The van der Waals surface area contributed by atoms with Crippen LogP contribution < -0.4 is 9.47 Å². The van der Waals surface area contributed by atoms with E-state index >= 15 is 0 Å². The fourth-order valence-electron chi connectivity index (χ4n) is 1.46. The summed E-state index contributed by atoms with van der Waals surface area (Å²) in [7, 11) is 1.57. The molecule has 0 atom stereocenters. The van der Waals surface area contributed by atoms with Crippen LogP contribution in [0.1, 0.15) is 5.56 Å². The molecule has 3 nitrogen and oxygen atoms in total. The minimum Gasteiger partial charge on any atom is -0.487 e. The number of pyridine rings is 1. The van der Waals surface area contributed by atoms with Crippen molar-refractivity contribution in [1.29, 1.82) is 0 Å². The zero-order valence-corrected chi connectivity index (χ0v) is 11.2. The highest BCUT2D eigenvalue weighted by atomic mass is 35.5. The summed E-state index contributed by atoms with van der Waals surface area (Å²) in [5.41, 5.74) is 0.844. The summed E-state index contributed by atoms with van der Waals surface area (Å²) in [6, 6.07) is 8.78. The molecule has 2 aromatic rings. The molecule has 94 valence electrons. The van der Waals surface area contributed by atoms with E-state index in [1.807, 2.05) is 12.1 Å². The first-order valence-electron chi connectivity index (χ1n) is 5.26. The molecule has 0 spiro atoms. The van der Waals surface area contributed by atoms with Gasteiger partial charge in [0.15, 0.2) is 0 Å². The Kier molecular flexibility index (Phi) is 4.28. The van der Waals surface area contributed by atoms with Crippen LogP contribution in [0.25, 0.3) is 0 Å². The van der Waals surface area contributed by atoms with Gasteiger partial charge >= 0.3 is 0 Å². The smallest absolute Gasteiger partial charge is 0.219 e. The van der Waals surface area contributed by atoms with Crippen molar-refractivity contribution in [2.75, 3.05) is 7.11 Å². The van der Waals surface area contributed by atoms with Gasteiger partial charge in [0.2, 0.25) is 5.88 Å². The molecular formula is C13H11Cl2NO2. The van der Waals surface area contributed by atoms with Gasteiger partial charge in [-0.05, 0) is 24.3 Å². The lowest BCUT2D eigenvalue weighted by atomic mass is 10.3. The summed E-state index contributed by atoms with van der Waals surface area (Å²) in [5.74, 6) is 1.07. The predicted octanol–water partition coefficient (Wildman–Crippen LogP) is 3.98. The van der Waals surface area contributed by atoms with E-state index in [4.69, 9.17) is 32.7 Å². The molecule has 5 heteroatoms. The minimum atomic E-state index is 0.317. The van der Waals surface area contributed by atoms with E-state index in [0.29, 0.717) is 28.3 Å². The third kappa shape index (κ3) is 3.06. The molecule has 0 aliphatic heterocycles. The van der Waals surface area contributed by atoms with E-state index in [0.717, 1.165) is 5.56 Å². The first-order chi connectivity index (χ1) is 8.70. The number of nitrogens with zero attached hydrogens (tertiary/aromatic N) is 1. The highest BCUT2D eigenvalue weighted by Gasteiger charge is 2.07. The summed E-state index contributed by atoms with van der Waals surface area (Å²) >= 11 is 11.9. The Morgan fingerprint density at radius 3 is 2.83 bits per heavy atom. The van der Waals surface area contributed by atoms with E-state index in [1.165, 1.54) is 0 Å². The highest BCUT2D eigenvalue weighted by molar-refractivity contribution is 6.34. The van der Waals surface area contributed by atoms with Crippen LogP contribution in [0.4, 0.5) is 0 Å². The maximum atomic E-state index is 6.01. The van der Waals surface area contributed by atoms with Gasteiger partial charge in [-0.1, -0.05) is 23.2 Å². The van der Waals surface area contributed by atoms with Crippen LogP contribution in [-0.2, 0) is 6.61 Å². The lowest BCUT2D eigenvalue weighted by Crippen LogP contribution is -2.00. The standard InChI is InChI=1S/C13H11Cl2NO2/c1-17-13-9(3-2-6-16-13)8-18-12-7-10(14)4-5-11(12)15/h2-7H,8H2,1H3. The van der Waals surface area contributed by atoms with Crippen molar-refractivity contribution >= 4 is 23.2 Å². The number of hydrogen-bond donors (Lipinski definition) is 0. The van der Waals surface area contributed by atoms with Crippen LogP contribution in [0, 0.1) is 0 Å². The van der Waals surface area contributed by atoms with Crippen molar-refractivity contribution in [2.45, 2.75) is 6.61 Å². The average Bonchev–Trinajstić information content (AvgIpc) is 2.40. The monoisotopic (exact) mass is 283 g/mol. The summed E-state index contributed by atoms with van der Waals surface area (Å²) in [6.07, 6.45) is 1.66. The molecular weight excluding hydrogens is 273 g/mol. The predicted molar refractivity (Wildman–Crippen MR) is 71.6 cm³/mol. The van der Waals surface area contributed by atoms with Crippen molar-refractivity contribution in [3.8, 4) is 11.6 Å². The van der Waals surface area contributed by atoms with E-state index in [1.54, 1.807) is 31.5 Å². The van der Waals surface area contributed by atoms with Crippen molar-refractivity contribution in [1.82, 2.24) is 4.98 Å². The van der Waals surface area contributed by atoms with E-state index < -0.39 is 0 Å². The Morgan fingerprint density at radius 2 is 2.06 bits per heavy atom. The number of halogens is 2. The first kappa shape index (κ1) is 13.0. The maximum Gasteiger partial charge on any atom is 0.219 e. The van der Waals surface area contributed by atoms with Gasteiger partial charge in [-0.15, -0.1) is 0 Å². The van der Waals surface area contributed by atoms with Crippen molar-refractivity contribution in [3.05, 3.63) is 52.1 Å². The summed E-state index contributed by atoms with van der Waals surface area (Å²) in [6.45, 7) is 0.317. The van der Waals surface area contributed by atoms with Gasteiger partial charge < -0.3 is 9.47 Å². The number of ether oxygens (including phenoxy) is 2. The van der Waals surface area contributed by atoms with Gasteiger partial charge in [0.1, 0.15) is 12.4 Å². The molecule has 2 rings (SSSR count). The number of benzene rings is 1. The molecule has 0 aliphatic rings. The third-order valence-electron chi connectivity index (χ3n) is 2.32. The van der Waals surface area contributed by atoms with Crippen LogP contribution in [0.5, 0.6) is 11.6 Å². The normalized spacial score (nSPS) is 10.2. The topological polar surface area (TPSA) is 31.4 Å².